The summed E-state index contributed by atoms with van der Waals surface area (Å²) in [6.07, 6.45) is 0. The highest BCUT2D eigenvalue weighted by Gasteiger charge is 2.06. The smallest absolute Gasteiger partial charge is 0.0662 e. The molecule has 88 valence electrons. The molecule has 2 rings (SSSR count). The second kappa shape index (κ2) is 4.86. The van der Waals surface area contributed by atoms with E-state index in [1.165, 1.54) is 0 Å². The van der Waals surface area contributed by atoms with Crippen LogP contribution in [0.1, 0.15) is 5.56 Å². The third-order valence-electron chi connectivity index (χ3n) is 2.54. The van der Waals surface area contributed by atoms with E-state index in [2.05, 4.69) is 5.32 Å². The van der Waals surface area contributed by atoms with E-state index in [0.29, 0.717) is 15.7 Å². The predicted octanol–water partition coefficient (Wildman–Crippen LogP) is 4.63. The molecule has 0 aromatic heterocycles. The zero-order valence-electron chi connectivity index (χ0n) is 9.30. The second-order valence-electron chi connectivity index (χ2n) is 3.77. The Labute approximate surface area is 110 Å². The fourth-order valence-corrected chi connectivity index (χ4v) is 1.83. The molecular formula is C13H12Cl2N2. The first-order valence-electron chi connectivity index (χ1n) is 5.15. The van der Waals surface area contributed by atoms with Crippen molar-refractivity contribution in [3.05, 3.63) is 52.0 Å². The Bertz CT molecular complexity index is 536. The Kier molecular flexibility index (Phi) is 3.46. The summed E-state index contributed by atoms with van der Waals surface area (Å²) >= 11 is 11.9. The number of nitrogens with one attached hydrogen (secondary N) is 1. The minimum Gasteiger partial charge on any atom is -0.397 e. The molecule has 0 bridgehead atoms. The van der Waals surface area contributed by atoms with Gasteiger partial charge >= 0.3 is 0 Å². The summed E-state index contributed by atoms with van der Waals surface area (Å²) in [5.41, 5.74) is 9.28. The zero-order valence-corrected chi connectivity index (χ0v) is 10.8. The predicted molar refractivity (Wildman–Crippen MR) is 75.3 cm³/mol. The molecule has 17 heavy (non-hydrogen) atoms. The third-order valence-corrected chi connectivity index (χ3v) is 3.21. The highest BCUT2D eigenvalue weighted by atomic mass is 35.5. The number of anilines is 3. The van der Waals surface area contributed by atoms with Crippen LogP contribution in [0, 0.1) is 6.92 Å². The van der Waals surface area contributed by atoms with E-state index < -0.39 is 0 Å². The molecule has 0 unspecified atom stereocenters. The van der Waals surface area contributed by atoms with Crippen molar-refractivity contribution in [3.63, 3.8) is 0 Å². The van der Waals surface area contributed by atoms with Gasteiger partial charge in [-0.05, 0) is 48.9 Å². The molecule has 0 aliphatic rings. The number of benzene rings is 2. The third kappa shape index (κ3) is 2.65. The van der Waals surface area contributed by atoms with Crippen molar-refractivity contribution < 1.29 is 0 Å². The average molecular weight is 267 g/mol. The molecule has 0 saturated carbocycles. The lowest BCUT2D eigenvalue weighted by atomic mass is 10.1. The lowest BCUT2D eigenvalue weighted by Gasteiger charge is -2.13. The molecule has 3 N–H and O–H groups in total. The van der Waals surface area contributed by atoms with Crippen LogP contribution in [0.2, 0.25) is 10.0 Å². The van der Waals surface area contributed by atoms with Crippen molar-refractivity contribution >= 4 is 40.3 Å². The van der Waals surface area contributed by atoms with Gasteiger partial charge in [-0.2, -0.15) is 0 Å². The van der Waals surface area contributed by atoms with Gasteiger partial charge in [-0.3, -0.25) is 0 Å². The molecule has 0 aliphatic heterocycles. The van der Waals surface area contributed by atoms with Crippen molar-refractivity contribution in [2.45, 2.75) is 6.92 Å². The van der Waals surface area contributed by atoms with Crippen LogP contribution in [-0.2, 0) is 0 Å². The van der Waals surface area contributed by atoms with Crippen LogP contribution in [-0.4, -0.2) is 0 Å². The molecule has 0 amide bonds. The number of nitrogen functional groups attached to an aromatic ring is 1. The van der Waals surface area contributed by atoms with Gasteiger partial charge in [0.2, 0.25) is 0 Å². The normalized spacial score (nSPS) is 10.3. The summed E-state index contributed by atoms with van der Waals surface area (Å²) in [5, 5.41) is 4.63. The molecule has 2 nitrogen and oxygen atoms in total. The Morgan fingerprint density at radius 3 is 2.29 bits per heavy atom. The molecule has 2 aromatic rings. The largest absolute Gasteiger partial charge is 0.397 e. The van der Waals surface area contributed by atoms with Gasteiger partial charge in [0.15, 0.2) is 0 Å². The molecule has 0 aliphatic carbocycles. The summed E-state index contributed by atoms with van der Waals surface area (Å²) in [6, 6.07) is 11.0. The van der Waals surface area contributed by atoms with E-state index in [-0.39, 0.29) is 0 Å². The van der Waals surface area contributed by atoms with Gasteiger partial charge in [-0.1, -0.05) is 23.2 Å². The van der Waals surface area contributed by atoms with Gasteiger partial charge < -0.3 is 11.1 Å². The van der Waals surface area contributed by atoms with Gasteiger partial charge in [-0.15, -0.1) is 0 Å². The van der Waals surface area contributed by atoms with E-state index in [9.17, 15) is 0 Å². The van der Waals surface area contributed by atoms with Crippen LogP contribution < -0.4 is 11.1 Å². The van der Waals surface area contributed by atoms with Crippen LogP contribution in [0.25, 0.3) is 0 Å². The van der Waals surface area contributed by atoms with E-state index in [0.717, 1.165) is 16.9 Å². The minimum atomic E-state index is 0.668. The van der Waals surface area contributed by atoms with Crippen molar-refractivity contribution in [3.8, 4) is 0 Å². The lowest BCUT2D eigenvalue weighted by molar-refractivity contribution is 1.43. The maximum Gasteiger partial charge on any atom is 0.0662 e. The SMILES string of the molecule is Cc1c(Cl)ccc(N)c1Nc1ccc(Cl)cc1. The maximum atomic E-state index is 6.06. The highest BCUT2D eigenvalue weighted by molar-refractivity contribution is 6.32. The van der Waals surface area contributed by atoms with Crippen molar-refractivity contribution in [1.82, 2.24) is 0 Å². The van der Waals surface area contributed by atoms with E-state index in [1.54, 1.807) is 12.1 Å². The summed E-state index contributed by atoms with van der Waals surface area (Å²) in [7, 11) is 0. The first-order valence-corrected chi connectivity index (χ1v) is 5.90. The van der Waals surface area contributed by atoms with Gasteiger partial charge in [0.25, 0.3) is 0 Å². The van der Waals surface area contributed by atoms with Crippen LogP contribution in [0.5, 0.6) is 0 Å². The molecule has 0 saturated heterocycles. The number of hydrogen-bond acceptors (Lipinski definition) is 2. The van der Waals surface area contributed by atoms with Gasteiger partial charge in [0.05, 0.1) is 11.4 Å². The van der Waals surface area contributed by atoms with E-state index in [1.807, 2.05) is 31.2 Å². The standard InChI is InChI=1S/C13H12Cl2N2/c1-8-11(15)6-7-12(16)13(8)17-10-4-2-9(14)3-5-10/h2-7,17H,16H2,1H3. The quantitative estimate of drug-likeness (QED) is 0.778. The van der Waals surface area contributed by atoms with Crippen molar-refractivity contribution in [2.24, 2.45) is 0 Å². The summed E-state index contributed by atoms with van der Waals surface area (Å²) in [5.74, 6) is 0. The van der Waals surface area contributed by atoms with Crippen LogP contribution >= 0.6 is 23.2 Å². The molecule has 0 spiro atoms. The molecule has 4 heteroatoms. The average Bonchev–Trinajstić information content (AvgIpc) is 2.32. The number of rotatable bonds is 2. The van der Waals surface area contributed by atoms with E-state index in [4.69, 9.17) is 28.9 Å². The minimum absolute atomic E-state index is 0.668. The number of hydrogen-bond donors (Lipinski definition) is 2. The molecule has 0 heterocycles. The fraction of sp³-hybridized carbons (Fsp3) is 0.0769. The fourth-order valence-electron chi connectivity index (χ4n) is 1.55. The molecule has 0 radical (unpaired) electrons. The number of nitrogens with two attached hydrogens (primary N) is 1. The maximum absolute atomic E-state index is 6.06. The summed E-state index contributed by atoms with van der Waals surface area (Å²) < 4.78 is 0. The molecule has 2 aromatic carbocycles. The monoisotopic (exact) mass is 266 g/mol. The first-order chi connectivity index (χ1) is 8.08. The van der Waals surface area contributed by atoms with Crippen LogP contribution in [0.4, 0.5) is 17.1 Å². The highest BCUT2D eigenvalue weighted by Crippen LogP contribution is 2.32. The van der Waals surface area contributed by atoms with Gasteiger partial charge in [0.1, 0.15) is 0 Å². The van der Waals surface area contributed by atoms with Crippen molar-refractivity contribution in [1.29, 1.82) is 0 Å². The Balaban J connectivity index is 2.36. The first kappa shape index (κ1) is 12.1. The summed E-state index contributed by atoms with van der Waals surface area (Å²) in [6.45, 7) is 1.93. The van der Waals surface area contributed by atoms with Gasteiger partial charge in [0, 0.05) is 15.7 Å². The Morgan fingerprint density at radius 1 is 1.00 bits per heavy atom. The van der Waals surface area contributed by atoms with Crippen LogP contribution in [0.15, 0.2) is 36.4 Å². The lowest BCUT2D eigenvalue weighted by Crippen LogP contribution is -1.99. The van der Waals surface area contributed by atoms with E-state index >= 15 is 0 Å². The van der Waals surface area contributed by atoms with Crippen molar-refractivity contribution in [2.75, 3.05) is 11.1 Å². The number of halogens is 2. The Morgan fingerprint density at radius 2 is 1.65 bits per heavy atom. The van der Waals surface area contributed by atoms with Crippen LogP contribution in [0.3, 0.4) is 0 Å². The van der Waals surface area contributed by atoms with Gasteiger partial charge in [-0.25, -0.2) is 0 Å². The molecule has 0 fully saturated rings. The zero-order chi connectivity index (χ0) is 12.4. The molecule has 0 atom stereocenters. The Hall–Kier alpha value is -1.38. The summed E-state index contributed by atoms with van der Waals surface area (Å²) in [4.78, 5) is 0. The second-order valence-corrected chi connectivity index (χ2v) is 4.61. The topological polar surface area (TPSA) is 38.0 Å². The molecular weight excluding hydrogens is 255 g/mol.